The van der Waals surface area contributed by atoms with Crippen molar-refractivity contribution in [3.63, 3.8) is 0 Å². The molecule has 1 aromatic heterocycles. The van der Waals surface area contributed by atoms with E-state index in [-0.39, 0.29) is 23.8 Å². The number of carbonyl (C=O) groups is 1. The highest BCUT2D eigenvalue weighted by atomic mass is 19.1. The Bertz CT molecular complexity index is 512. The van der Waals surface area contributed by atoms with Gasteiger partial charge in [0.15, 0.2) is 11.6 Å². The highest BCUT2D eigenvalue weighted by Gasteiger charge is 2.21. The zero-order valence-electron chi connectivity index (χ0n) is 12.0. The van der Waals surface area contributed by atoms with E-state index in [1.54, 1.807) is 13.8 Å². The Morgan fingerprint density at radius 2 is 2.30 bits per heavy atom. The fourth-order valence-corrected chi connectivity index (χ4v) is 1.80. The van der Waals surface area contributed by atoms with E-state index in [0.29, 0.717) is 13.1 Å². The molecule has 0 saturated heterocycles. The topological polar surface area (TPSA) is 69.0 Å². The number of hydrogen-bond acceptors (Lipinski definition) is 4. The zero-order valence-corrected chi connectivity index (χ0v) is 12.0. The molecule has 0 aliphatic carbocycles. The first-order valence-corrected chi connectivity index (χ1v) is 6.62. The van der Waals surface area contributed by atoms with Crippen molar-refractivity contribution >= 4 is 11.7 Å². The summed E-state index contributed by atoms with van der Waals surface area (Å²) in [5.74, 6) is -1.30. The van der Waals surface area contributed by atoms with Gasteiger partial charge in [0.25, 0.3) is 5.91 Å². The van der Waals surface area contributed by atoms with Crippen molar-refractivity contribution in [3.05, 3.63) is 23.6 Å². The van der Waals surface area contributed by atoms with Gasteiger partial charge < -0.3 is 10.2 Å². The lowest BCUT2D eigenvalue weighted by atomic mass is 10.1. The second-order valence-corrected chi connectivity index (χ2v) is 4.43. The summed E-state index contributed by atoms with van der Waals surface area (Å²) in [5.41, 5.74) is -0.0251. The van der Waals surface area contributed by atoms with Crippen molar-refractivity contribution in [2.45, 2.75) is 20.8 Å². The molecule has 1 amide bonds. The molecule has 1 rings (SSSR count). The molecule has 108 valence electrons. The third-order valence-corrected chi connectivity index (χ3v) is 2.85. The van der Waals surface area contributed by atoms with Crippen molar-refractivity contribution in [1.82, 2.24) is 9.88 Å². The summed E-state index contributed by atoms with van der Waals surface area (Å²) in [6, 6.07) is 3.43. The standard InChI is InChI=1S/C14H19FN4O/c1-4-17-13-12(15)11(6-7-18-13)14(20)19(5-2)9-10(3)8-16/h6-7,10H,4-5,9H2,1-3H3,(H,17,18). The van der Waals surface area contributed by atoms with E-state index in [9.17, 15) is 9.18 Å². The Morgan fingerprint density at radius 1 is 1.60 bits per heavy atom. The molecule has 0 fully saturated rings. The Kier molecular flexibility index (Phi) is 5.91. The second kappa shape index (κ2) is 7.43. The molecule has 1 N–H and O–H groups in total. The highest BCUT2D eigenvalue weighted by Crippen LogP contribution is 2.17. The molecule has 5 nitrogen and oxygen atoms in total. The average Bonchev–Trinajstić information content (AvgIpc) is 2.46. The quantitative estimate of drug-likeness (QED) is 0.866. The SMILES string of the molecule is CCNc1nccc(C(=O)N(CC)CC(C)C#N)c1F. The normalized spacial score (nSPS) is 11.6. The molecule has 0 saturated carbocycles. The van der Waals surface area contributed by atoms with Crippen LogP contribution in [0.15, 0.2) is 12.3 Å². The van der Waals surface area contributed by atoms with E-state index in [4.69, 9.17) is 5.26 Å². The van der Waals surface area contributed by atoms with E-state index >= 15 is 0 Å². The lowest BCUT2D eigenvalue weighted by Gasteiger charge is -2.22. The van der Waals surface area contributed by atoms with Gasteiger partial charge in [-0.1, -0.05) is 0 Å². The van der Waals surface area contributed by atoms with Crippen LogP contribution in [-0.4, -0.2) is 35.4 Å². The number of nitrogens with zero attached hydrogens (tertiary/aromatic N) is 3. The summed E-state index contributed by atoms with van der Waals surface area (Å²) in [4.78, 5) is 17.7. The zero-order chi connectivity index (χ0) is 15.1. The van der Waals surface area contributed by atoms with Crippen LogP contribution in [0, 0.1) is 23.1 Å². The van der Waals surface area contributed by atoms with E-state index in [1.165, 1.54) is 17.2 Å². The summed E-state index contributed by atoms with van der Waals surface area (Å²) in [7, 11) is 0. The molecule has 1 unspecified atom stereocenters. The molecule has 1 atom stereocenters. The molecule has 1 aromatic rings. The van der Waals surface area contributed by atoms with E-state index in [0.717, 1.165) is 0 Å². The minimum absolute atomic E-state index is 0.0251. The van der Waals surface area contributed by atoms with Crippen LogP contribution in [0.25, 0.3) is 0 Å². The van der Waals surface area contributed by atoms with Crippen LogP contribution in [0.2, 0.25) is 0 Å². The van der Waals surface area contributed by atoms with Gasteiger partial charge in [-0.05, 0) is 26.8 Å². The van der Waals surface area contributed by atoms with Crippen LogP contribution < -0.4 is 5.32 Å². The minimum Gasteiger partial charge on any atom is -0.368 e. The Morgan fingerprint density at radius 3 is 2.85 bits per heavy atom. The number of nitriles is 1. The van der Waals surface area contributed by atoms with Crippen molar-refractivity contribution in [2.75, 3.05) is 25.0 Å². The molecule has 0 aliphatic rings. The van der Waals surface area contributed by atoms with Crippen molar-refractivity contribution < 1.29 is 9.18 Å². The van der Waals surface area contributed by atoms with Crippen LogP contribution in [-0.2, 0) is 0 Å². The van der Waals surface area contributed by atoms with Crippen molar-refractivity contribution in [3.8, 4) is 6.07 Å². The average molecular weight is 278 g/mol. The molecular formula is C14H19FN4O. The molecule has 0 radical (unpaired) electrons. The smallest absolute Gasteiger partial charge is 0.257 e. The number of anilines is 1. The number of aromatic nitrogens is 1. The third kappa shape index (κ3) is 3.67. The number of rotatable bonds is 6. The molecule has 6 heteroatoms. The number of pyridine rings is 1. The van der Waals surface area contributed by atoms with Crippen molar-refractivity contribution in [1.29, 1.82) is 5.26 Å². The number of amides is 1. The van der Waals surface area contributed by atoms with Gasteiger partial charge in [-0.25, -0.2) is 9.37 Å². The number of carbonyl (C=O) groups excluding carboxylic acids is 1. The molecule has 1 heterocycles. The highest BCUT2D eigenvalue weighted by molar-refractivity contribution is 5.95. The first-order chi connectivity index (χ1) is 9.54. The van der Waals surface area contributed by atoms with Gasteiger partial charge in [0.05, 0.1) is 17.6 Å². The molecule has 0 aromatic carbocycles. The summed E-state index contributed by atoms with van der Waals surface area (Å²) in [5, 5.41) is 11.6. The monoisotopic (exact) mass is 278 g/mol. The lowest BCUT2D eigenvalue weighted by Crippen LogP contribution is -2.35. The third-order valence-electron chi connectivity index (χ3n) is 2.85. The van der Waals surface area contributed by atoms with Gasteiger partial charge in [0.1, 0.15) is 0 Å². The maximum atomic E-state index is 14.2. The molecular weight excluding hydrogens is 259 g/mol. The fourth-order valence-electron chi connectivity index (χ4n) is 1.80. The van der Waals surface area contributed by atoms with Crippen molar-refractivity contribution in [2.24, 2.45) is 5.92 Å². The molecule has 0 bridgehead atoms. The summed E-state index contributed by atoms with van der Waals surface area (Å²) >= 11 is 0. The van der Waals surface area contributed by atoms with Gasteiger partial charge in [-0.2, -0.15) is 5.26 Å². The summed E-state index contributed by atoms with van der Waals surface area (Å²) in [6.45, 7) is 6.57. The van der Waals surface area contributed by atoms with E-state index in [1.807, 2.05) is 6.92 Å². The lowest BCUT2D eigenvalue weighted by molar-refractivity contribution is 0.0748. The Labute approximate surface area is 118 Å². The minimum atomic E-state index is -0.651. The molecule has 0 spiro atoms. The van der Waals surface area contributed by atoms with E-state index < -0.39 is 11.7 Å². The van der Waals surface area contributed by atoms with Crippen LogP contribution in [0.3, 0.4) is 0 Å². The predicted molar refractivity (Wildman–Crippen MR) is 74.7 cm³/mol. The first kappa shape index (κ1) is 15.9. The molecule has 20 heavy (non-hydrogen) atoms. The Balaban J connectivity index is 3.01. The Hall–Kier alpha value is -2.16. The predicted octanol–water partition coefficient (Wildman–Crippen LogP) is 2.27. The maximum absolute atomic E-state index is 14.2. The van der Waals surface area contributed by atoms with Crippen LogP contribution >= 0.6 is 0 Å². The summed E-state index contributed by atoms with van der Waals surface area (Å²) < 4.78 is 14.2. The van der Waals surface area contributed by atoms with Crippen LogP contribution in [0.5, 0.6) is 0 Å². The van der Waals surface area contributed by atoms with Crippen LogP contribution in [0.1, 0.15) is 31.1 Å². The van der Waals surface area contributed by atoms with Gasteiger partial charge in [-0.3, -0.25) is 4.79 Å². The summed E-state index contributed by atoms with van der Waals surface area (Å²) in [6.07, 6.45) is 1.40. The second-order valence-electron chi connectivity index (χ2n) is 4.43. The fraction of sp³-hybridized carbons (Fsp3) is 0.500. The first-order valence-electron chi connectivity index (χ1n) is 6.62. The van der Waals surface area contributed by atoms with Gasteiger partial charge in [0, 0.05) is 25.8 Å². The van der Waals surface area contributed by atoms with Crippen LogP contribution in [0.4, 0.5) is 10.2 Å². The number of hydrogen-bond donors (Lipinski definition) is 1. The van der Waals surface area contributed by atoms with E-state index in [2.05, 4.69) is 16.4 Å². The van der Waals surface area contributed by atoms with Gasteiger partial charge in [0.2, 0.25) is 0 Å². The largest absolute Gasteiger partial charge is 0.368 e. The van der Waals surface area contributed by atoms with Gasteiger partial charge in [-0.15, -0.1) is 0 Å². The molecule has 0 aliphatic heterocycles. The van der Waals surface area contributed by atoms with Gasteiger partial charge >= 0.3 is 0 Å². The number of nitrogens with one attached hydrogen (secondary N) is 1. The maximum Gasteiger partial charge on any atom is 0.257 e. The number of halogens is 1.